The SMILES string of the molecule is Cc1ccc(N(C(=O)c2ccco2)C2CCN(CCC3(CCC(C=O)CO)CCCCC3)CC2)nc1. The molecule has 0 radical (unpaired) electrons. The van der Waals surface area contributed by atoms with Crippen molar-refractivity contribution in [3.63, 3.8) is 0 Å². The van der Waals surface area contributed by atoms with Gasteiger partial charge in [0.1, 0.15) is 12.1 Å². The maximum absolute atomic E-state index is 13.4. The third kappa shape index (κ3) is 6.62. The highest BCUT2D eigenvalue weighted by Crippen LogP contribution is 2.44. The molecule has 0 spiro atoms. The average Bonchev–Trinajstić information content (AvgIpc) is 3.46. The zero-order chi connectivity index (χ0) is 25.4. The molecular weight excluding hydrogens is 454 g/mol. The van der Waals surface area contributed by atoms with E-state index < -0.39 is 0 Å². The molecule has 1 saturated heterocycles. The van der Waals surface area contributed by atoms with Crippen molar-refractivity contribution < 1.29 is 19.1 Å². The maximum Gasteiger partial charge on any atom is 0.295 e. The normalized spacial score (nSPS) is 19.6. The van der Waals surface area contributed by atoms with E-state index in [-0.39, 0.29) is 24.5 Å². The second-order valence-electron chi connectivity index (χ2n) is 10.8. The largest absolute Gasteiger partial charge is 0.459 e. The van der Waals surface area contributed by atoms with Crippen molar-refractivity contribution in [1.29, 1.82) is 0 Å². The Morgan fingerprint density at radius 2 is 2.00 bits per heavy atom. The summed E-state index contributed by atoms with van der Waals surface area (Å²) >= 11 is 0. The van der Waals surface area contributed by atoms with Crippen LogP contribution in [0.2, 0.25) is 0 Å². The average molecular weight is 496 g/mol. The monoisotopic (exact) mass is 495 g/mol. The molecule has 2 aliphatic rings. The molecule has 1 amide bonds. The van der Waals surface area contributed by atoms with Crippen LogP contribution >= 0.6 is 0 Å². The molecule has 0 bridgehead atoms. The third-order valence-electron chi connectivity index (χ3n) is 8.36. The summed E-state index contributed by atoms with van der Waals surface area (Å²) in [6.45, 7) is 4.89. The lowest BCUT2D eigenvalue weighted by molar-refractivity contribution is -0.112. The number of anilines is 1. The fourth-order valence-corrected chi connectivity index (χ4v) is 6.00. The van der Waals surface area contributed by atoms with Crippen LogP contribution in [0.3, 0.4) is 0 Å². The van der Waals surface area contributed by atoms with E-state index in [1.807, 2.05) is 30.2 Å². The highest BCUT2D eigenvalue weighted by atomic mass is 16.3. The summed E-state index contributed by atoms with van der Waals surface area (Å²) in [6.07, 6.45) is 15.3. The number of piperidine rings is 1. The second kappa shape index (κ2) is 12.6. The molecule has 1 unspecified atom stereocenters. The van der Waals surface area contributed by atoms with Crippen molar-refractivity contribution in [1.82, 2.24) is 9.88 Å². The van der Waals surface area contributed by atoms with Crippen LogP contribution in [-0.2, 0) is 4.79 Å². The number of aldehydes is 1. The van der Waals surface area contributed by atoms with Gasteiger partial charge in [-0.15, -0.1) is 0 Å². The summed E-state index contributed by atoms with van der Waals surface area (Å²) in [7, 11) is 0. The van der Waals surface area contributed by atoms with E-state index >= 15 is 0 Å². The number of aliphatic hydroxyl groups excluding tert-OH is 1. The molecule has 196 valence electrons. The van der Waals surface area contributed by atoms with E-state index in [1.54, 1.807) is 12.1 Å². The number of carbonyl (C=O) groups is 2. The molecule has 0 aromatic carbocycles. The van der Waals surface area contributed by atoms with Gasteiger partial charge in [-0.2, -0.15) is 0 Å². The van der Waals surface area contributed by atoms with E-state index in [0.717, 1.165) is 63.6 Å². The lowest BCUT2D eigenvalue weighted by atomic mass is 9.68. The van der Waals surface area contributed by atoms with Crippen LogP contribution in [0.25, 0.3) is 0 Å². The summed E-state index contributed by atoms with van der Waals surface area (Å²) in [5, 5.41) is 9.46. The number of likely N-dealkylation sites (tertiary alicyclic amines) is 1. The molecular formula is C29H41N3O4. The lowest BCUT2D eigenvalue weighted by Crippen LogP contribution is -2.48. The number of aromatic nitrogens is 1. The molecule has 7 nitrogen and oxygen atoms in total. The number of hydrogen-bond donors (Lipinski definition) is 1. The van der Waals surface area contributed by atoms with E-state index in [2.05, 4.69) is 9.88 Å². The molecule has 2 aromatic rings. The van der Waals surface area contributed by atoms with Gasteiger partial charge in [0, 0.05) is 31.2 Å². The molecule has 1 saturated carbocycles. The molecule has 7 heteroatoms. The van der Waals surface area contributed by atoms with Crippen LogP contribution in [0.4, 0.5) is 5.82 Å². The molecule has 2 fully saturated rings. The number of furan rings is 1. The summed E-state index contributed by atoms with van der Waals surface area (Å²) in [5.74, 6) is 0.656. The van der Waals surface area contributed by atoms with Crippen LogP contribution in [0.15, 0.2) is 41.1 Å². The van der Waals surface area contributed by atoms with Crippen LogP contribution in [0, 0.1) is 18.3 Å². The van der Waals surface area contributed by atoms with Gasteiger partial charge >= 0.3 is 0 Å². The number of carbonyl (C=O) groups excluding carboxylic acids is 2. The molecule has 36 heavy (non-hydrogen) atoms. The highest BCUT2D eigenvalue weighted by Gasteiger charge is 2.35. The molecule has 1 N–H and O–H groups in total. The van der Waals surface area contributed by atoms with Crippen molar-refractivity contribution in [3.05, 3.63) is 48.0 Å². The van der Waals surface area contributed by atoms with Gasteiger partial charge in [0.2, 0.25) is 0 Å². The predicted molar refractivity (Wildman–Crippen MR) is 140 cm³/mol. The van der Waals surface area contributed by atoms with Crippen molar-refractivity contribution in [2.75, 3.05) is 31.1 Å². The standard InChI is InChI=1S/C29H41N3O4/c1-23-7-8-27(30-20-23)32(28(35)26-6-5-19-36-26)25-10-16-31(17-11-25)18-15-29(12-3-2-4-13-29)14-9-24(21-33)22-34/h5-8,19-21,24-25,34H,2-4,9-18,22H2,1H3. The van der Waals surface area contributed by atoms with E-state index in [0.29, 0.717) is 17.0 Å². The molecule has 2 aromatic heterocycles. The van der Waals surface area contributed by atoms with Gasteiger partial charge in [0.15, 0.2) is 5.76 Å². The summed E-state index contributed by atoms with van der Waals surface area (Å²) in [4.78, 5) is 33.5. The van der Waals surface area contributed by atoms with Gasteiger partial charge in [-0.05, 0) is 87.6 Å². The van der Waals surface area contributed by atoms with Gasteiger partial charge in [-0.1, -0.05) is 25.3 Å². The molecule has 1 atom stereocenters. The van der Waals surface area contributed by atoms with E-state index in [4.69, 9.17) is 4.42 Å². The van der Waals surface area contributed by atoms with Crippen molar-refractivity contribution in [2.45, 2.75) is 77.2 Å². The Kier molecular flexibility index (Phi) is 9.32. The third-order valence-corrected chi connectivity index (χ3v) is 8.36. The Labute approximate surface area is 214 Å². The van der Waals surface area contributed by atoms with Gasteiger partial charge in [0.05, 0.1) is 12.9 Å². The number of amides is 1. The maximum atomic E-state index is 13.4. The molecule has 4 rings (SSSR count). The van der Waals surface area contributed by atoms with Crippen LogP contribution in [0.5, 0.6) is 0 Å². The fourth-order valence-electron chi connectivity index (χ4n) is 6.00. The first-order valence-corrected chi connectivity index (χ1v) is 13.6. The smallest absolute Gasteiger partial charge is 0.295 e. The van der Waals surface area contributed by atoms with Gasteiger partial charge < -0.3 is 19.2 Å². The topological polar surface area (TPSA) is 86.9 Å². The first-order chi connectivity index (χ1) is 17.5. The van der Waals surface area contributed by atoms with E-state index in [1.165, 1.54) is 38.4 Å². The highest BCUT2D eigenvalue weighted by molar-refractivity contribution is 6.04. The van der Waals surface area contributed by atoms with Gasteiger partial charge in [-0.3, -0.25) is 9.69 Å². The minimum absolute atomic E-state index is 0.0455. The first-order valence-electron chi connectivity index (χ1n) is 13.6. The summed E-state index contributed by atoms with van der Waals surface area (Å²) < 4.78 is 5.44. The van der Waals surface area contributed by atoms with Crippen LogP contribution in [-0.4, -0.2) is 59.5 Å². The number of aliphatic hydroxyl groups is 1. The number of nitrogens with zero attached hydrogens (tertiary/aromatic N) is 3. The lowest BCUT2D eigenvalue weighted by Gasteiger charge is -2.42. The number of rotatable bonds is 11. The number of aryl methyl sites for hydroxylation is 1. The Morgan fingerprint density at radius 3 is 2.61 bits per heavy atom. The Bertz CT molecular complexity index is 945. The van der Waals surface area contributed by atoms with E-state index in [9.17, 15) is 14.7 Å². The first kappa shape index (κ1) is 26.6. The van der Waals surface area contributed by atoms with Crippen molar-refractivity contribution in [2.24, 2.45) is 11.3 Å². The molecule has 1 aliphatic heterocycles. The number of hydrogen-bond acceptors (Lipinski definition) is 6. The van der Waals surface area contributed by atoms with Crippen LogP contribution in [0.1, 0.15) is 80.3 Å². The number of pyridine rings is 1. The summed E-state index contributed by atoms with van der Waals surface area (Å²) in [6, 6.07) is 7.46. The quantitative estimate of drug-likeness (QED) is 0.441. The molecule has 1 aliphatic carbocycles. The van der Waals surface area contributed by atoms with Gasteiger partial charge in [0.25, 0.3) is 5.91 Å². The zero-order valence-electron chi connectivity index (χ0n) is 21.6. The Balaban J connectivity index is 1.37. The minimum atomic E-state index is -0.229. The predicted octanol–water partition coefficient (Wildman–Crippen LogP) is 5.02. The van der Waals surface area contributed by atoms with Crippen molar-refractivity contribution in [3.8, 4) is 0 Å². The molecule has 3 heterocycles. The summed E-state index contributed by atoms with van der Waals surface area (Å²) in [5.41, 5.74) is 1.35. The Morgan fingerprint density at radius 1 is 1.22 bits per heavy atom. The minimum Gasteiger partial charge on any atom is -0.459 e. The second-order valence-corrected chi connectivity index (χ2v) is 10.8. The van der Waals surface area contributed by atoms with Crippen molar-refractivity contribution >= 4 is 18.0 Å². The fraction of sp³-hybridized carbons (Fsp3) is 0.621. The van der Waals surface area contributed by atoms with Crippen LogP contribution < -0.4 is 4.90 Å². The zero-order valence-corrected chi connectivity index (χ0v) is 21.6. The Hall–Kier alpha value is -2.51. The van der Waals surface area contributed by atoms with Gasteiger partial charge in [-0.25, -0.2) is 4.98 Å².